The Morgan fingerprint density at radius 2 is 2.21 bits per heavy atom. The van der Waals surface area contributed by atoms with E-state index in [0.717, 1.165) is 13.0 Å². The van der Waals surface area contributed by atoms with Crippen molar-refractivity contribution in [2.45, 2.75) is 45.4 Å². The summed E-state index contributed by atoms with van der Waals surface area (Å²) in [5.41, 5.74) is 5.77. The second kappa shape index (κ2) is 5.35. The first kappa shape index (κ1) is 11.5. The summed E-state index contributed by atoms with van der Waals surface area (Å²) in [6, 6.07) is 0. The number of carbonyl (C=O) groups is 1. The normalized spacial score (nSPS) is 18.7. The molecule has 1 aliphatic carbocycles. The first-order valence-corrected chi connectivity index (χ1v) is 5.69. The predicted molar refractivity (Wildman–Crippen MR) is 57.9 cm³/mol. The summed E-state index contributed by atoms with van der Waals surface area (Å²) in [5.74, 6) is 0.162. The molecule has 0 radical (unpaired) electrons. The summed E-state index contributed by atoms with van der Waals surface area (Å²) in [4.78, 5) is 11.3. The molecule has 0 bridgehead atoms. The smallest absolute Gasteiger partial charge is 0.220 e. The first-order chi connectivity index (χ1) is 6.72. The van der Waals surface area contributed by atoms with Crippen LogP contribution in [0.3, 0.4) is 0 Å². The van der Waals surface area contributed by atoms with Crippen LogP contribution >= 0.6 is 0 Å². The van der Waals surface area contributed by atoms with Gasteiger partial charge in [-0.25, -0.2) is 0 Å². The number of nitrogens with two attached hydrogens (primary N) is 1. The van der Waals surface area contributed by atoms with Crippen molar-refractivity contribution in [3.63, 3.8) is 0 Å². The molecule has 0 aromatic rings. The summed E-state index contributed by atoms with van der Waals surface area (Å²) in [5, 5.41) is 3.02. The second-order valence-electron chi connectivity index (χ2n) is 4.38. The van der Waals surface area contributed by atoms with Gasteiger partial charge in [0.25, 0.3) is 0 Å². The Morgan fingerprint density at radius 1 is 1.50 bits per heavy atom. The fraction of sp³-hybridized carbons (Fsp3) is 0.909. The lowest BCUT2D eigenvalue weighted by molar-refractivity contribution is -0.122. The van der Waals surface area contributed by atoms with E-state index in [1.807, 2.05) is 0 Å². The summed E-state index contributed by atoms with van der Waals surface area (Å²) in [7, 11) is 0. The molecule has 0 heterocycles. The molecule has 3 nitrogen and oxygen atoms in total. The summed E-state index contributed by atoms with van der Waals surface area (Å²) in [6.07, 6.45) is 6.44. The molecule has 14 heavy (non-hydrogen) atoms. The molecule has 0 spiro atoms. The van der Waals surface area contributed by atoms with Crippen molar-refractivity contribution in [1.29, 1.82) is 0 Å². The van der Waals surface area contributed by atoms with Crippen LogP contribution in [0, 0.1) is 5.41 Å². The predicted octanol–water partition coefficient (Wildman–Crippen LogP) is 1.42. The average Bonchev–Trinajstić information content (AvgIpc) is 2.14. The van der Waals surface area contributed by atoms with Crippen LogP contribution < -0.4 is 11.1 Å². The molecule has 0 aromatic heterocycles. The van der Waals surface area contributed by atoms with Crippen LogP contribution in [0.5, 0.6) is 0 Å². The van der Waals surface area contributed by atoms with Crippen molar-refractivity contribution < 1.29 is 4.79 Å². The lowest BCUT2D eigenvalue weighted by atomic mass is 9.67. The van der Waals surface area contributed by atoms with Crippen LogP contribution in [0.15, 0.2) is 0 Å². The van der Waals surface area contributed by atoms with Crippen LogP contribution in [-0.2, 0) is 4.79 Å². The maximum atomic E-state index is 11.3. The van der Waals surface area contributed by atoms with Crippen molar-refractivity contribution in [2.24, 2.45) is 11.1 Å². The third-order valence-corrected chi connectivity index (χ3v) is 3.43. The molecular weight excluding hydrogens is 176 g/mol. The molecule has 1 saturated carbocycles. The minimum atomic E-state index is 0.162. The number of carbonyl (C=O) groups excluding carboxylic acids is 1. The largest absolute Gasteiger partial charge is 0.356 e. The van der Waals surface area contributed by atoms with Gasteiger partial charge in [0.15, 0.2) is 0 Å². The fourth-order valence-corrected chi connectivity index (χ4v) is 1.97. The molecule has 1 amide bonds. The van der Waals surface area contributed by atoms with Gasteiger partial charge in [-0.15, -0.1) is 0 Å². The highest BCUT2D eigenvalue weighted by atomic mass is 16.1. The van der Waals surface area contributed by atoms with Gasteiger partial charge in [-0.3, -0.25) is 4.79 Å². The molecule has 0 unspecified atom stereocenters. The van der Waals surface area contributed by atoms with Crippen molar-refractivity contribution >= 4 is 5.91 Å². The van der Waals surface area contributed by atoms with Gasteiger partial charge in [-0.1, -0.05) is 13.3 Å². The third-order valence-electron chi connectivity index (χ3n) is 3.43. The van der Waals surface area contributed by atoms with Gasteiger partial charge in [-0.05, 0) is 37.6 Å². The van der Waals surface area contributed by atoms with Crippen molar-refractivity contribution in [1.82, 2.24) is 5.32 Å². The van der Waals surface area contributed by atoms with Crippen LogP contribution in [-0.4, -0.2) is 19.0 Å². The van der Waals surface area contributed by atoms with Gasteiger partial charge in [-0.2, -0.15) is 0 Å². The highest BCUT2D eigenvalue weighted by Gasteiger charge is 2.34. The van der Waals surface area contributed by atoms with Crippen LogP contribution in [0.25, 0.3) is 0 Å². The fourth-order valence-electron chi connectivity index (χ4n) is 1.97. The minimum absolute atomic E-state index is 0.162. The quantitative estimate of drug-likeness (QED) is 0.678. The van der Waals surface area contributed by atoms with Gasteiger partial charge in [0.05, 0.1) is 0 Å². The maximum Gasteiger partial charge on any atom is 0.220 e. The summed E-state index contributed by atoms with van der Waals surface area (Å²) < 4.78 is 0. The minimum Gasteiger partial charge on any atom is -0.356 e. The Hall–Kier alpha value is -0.570. The first-order valence-electron chi connectivity index (χ1n) is 5.69. The molecule has 82 valence electrons. The molecule has 0 atom stereocenters. The number of nitrogens with one attached hydrogen (secondary N) is 1. The highest BCUT2D eigenvalue weighted by Crippen LogP contribution is 2.42. The Bertz CT molecular complexity index is 182. The van der Waals surface area contributed by atoms with E-state index in [1.165, 1.54) is 25.7 Å². The van der Waals surface area contributed by atoms with E-state index in [0.29, 0.717) is 18.4 Å². The van der Waals surface area contributed by atoms with E-state index < -0.39 is 0 Å². The van der Waals surface area contributed by atoms with Gasteiger partial charge in [0, 0.05) is 13.0 Å². The topological polar surface area (TPSA) is 55.1 Å². The van der Waals surface area contributed by atoms with Crippen LogP contribution in [0.1, 0.15) is 45.4 Å². The van der Waals surface area contributed by atoms with Crippen LogP contribution in [0.2, 0.25) is 0 Å². The molecule has 0 aliphatic heterocycles. The van der Waals surface area contributed by atoms with E-state index in [1.54, 1.807) is 0 Å². The Kier molecular flexibility index (Phi) is 4.39. The van der Waals surface area contributed by atoms with E-state index in [4.69, 9.17) is 5.73 Å². The zero-order valence-electron chi connectivity index (χ0n) is 9.14. The molecule has 3 heteroatoms. The number of amides is 1. The van der Waals surface area contributed by atoms with Crippen molar-refractivity contribution in [2.75, 3.05) is 13.1 Å². The zero-order chi connectivity index (χ0) is 10.4. The Morgan fingerprint density at radius 3 is 2.64 bits per heavy atom. The molecule has 1 aliphatic rings. The monoisotopic (exact) mass is 198 g/mol. The number of hydrogen-bond acceptors (Lipinski definition) is 2. The van der Waals surface area contributed by atoms with Gasteiger partial charge >= 0.3 is 0 Å². The number of hydrogen-bond donors (Lipinski definition) is 2. The van der Waals surface area contributed by atoms with Gasteiger partial charge < -0.3 is 11.1 Å². The summed E-state index contributed by atoms with van der Waals surface area (Å²) >= 11 is 0. The van der Waals surface area contributed by atoms with E-state index in [9.17, 15) is 4.79 Å². The average molecular weight is 198 g/mol. The summed E-state index contributed by atoms with van der Waals surface area (Å²) in [6.45, 7) is 3.68. The molecule has 1 rings (SSSR count). The van der Waals surface area contributed by atoms with Gasteiger partial charge in [0.2, 0.25) is 5.91 Å². The molecule has 1 fully saturated rings. The van der Waals surface area contributed by atoms with E-state index in [-0.39, 0.29) is 5.91 Å². The molecule has 0 saturated heterocycles. The second-order valence-corrected chi connectivity index (χ2v) is 4.38. The van der Waals surface area contributed by atoms with Crippen molar-refractivity contribution in [3.8, 4) is 0 Å². The molecular formula is C11H22N2O. The Labute approximate surface area is 86.4 Å². The third kappa shape index (κ3) is 2.98. The SMILES string of the molecule is CCC1(CNC(=O)CCCN)CCC1. The Balaban J connectivity index is 2.15. The lowest BCUT2D eigenvalue weighted by Crippen LogP contribution is -2.41. The lowest BCUT2D eigenvalue weighted by Gasteiger charge is -2.41. The van der Waals surface area contributed by atoms with E-state index >= 15 is 0 Å². The van der Waals surface area contributed by atoms with E-state index in [2.05, 4.69) is 12.2 Å². The van der Waals surface area contributed by atoms with Crippen LogP contribution in [0.4, 0.5) is 0 Å². The maximum absolute atomic E-state index is 11.3. The number of rotatable bonds is 6. The van der Waals surface area contributed by atoms with Gasteiger partial charge in [0.1, 0.15) is 0 Å². The molecule has 0 aromatic carbocycles. The highest BCUT2D eigenvalue weighted by molar-refractivity contribution is 5.75. The van der Waals surface area contributed by atoms with Crippen molar-refractivity contribution in [3.05, 3.63) is 0 Å². The molecule has 3 N–H and O–H groups in total. The zero-order valence-corrected chi connectivity index (χ0v) is 9.14. The standard InChI is InChI=1S/C11H22N2O/c1-2-11(6-4-7-11)9-13-10(14)5-3-8-12/h2-9,12H2,1H3,(H,13,14).